The minimum absolute atomic E-state index is 0.192. The highest BCUT2D eigenvalue weighted by Crippen LogP contribution is 2.15. The number of hydrazine groups is 1. The molecule has 1 aromatic carbocycles. The summed E-state index contributed by atoms with van der Waals surface area (Å²) < 4.78 is 0. The fourth-order valence-corrected chi connectivity index (χ4v) is 1.67. The molecule has 0 bridgehead atoms. The summed E-state index contributed by atoms with van der Waals surface area (Å²) in [6, 6.07) is 9.03. The van der Waals surface area contributed by atoms with E-state index >= 15 is 0 Å². The Morgan fingerprint density at radius 1 is 1.16 bits per heavy atom. The number of benzene rings is 1. The first kappa shape index (κ1) is 13.0. The first-order valence-electron chi connectivity index (χ1n) is 5.91. The Kier molecular flexibility index (Phi) is 3.77. The van der Waals surface area contributed by atoms with E-state index in [1.54, 1.807) is 12.1 Å². The lowest BCUT2D eigenvalue weighted by molar-refractivity contribution is 0.102. The van der Waals surface area contributed by atoms with Crippen LogP contribution in [0.1, 0.15) is 21.5 Å². The molecule has 2 aromatic rings. The van der Waals surface area contributed by atoms with E-state index in [4.69, 9.17) is 5.84 Å². The summed E-state index contributed by atoms with van der Waals surface area (Å²) in [4.78, 5) is 16.0. The van der Waals surface area contributed by atoms with Crippen molar-refractivity contribution in [1.82, 2.24) is 4.98 Å². The molecule has 0 aliphatic heterocycles. The number of nitrogens with one attached hydrogen (secondary N) is 2. The van der Waals surface area contributed by atoms with E-state index in [1.165, 1.54) is 11.8 Å². The third-order valence-electron chi connectivity index (χ3n) is 2.93. The number of aryl methyl sites for hydroxylation is 2. The average molecular weight is 256 g/mol. The van der Waals surface area contributed by atoms with Crippen molar-refractivity contribution < 1.29 is 4.79 Å². The molecule has 0 radical (unpaired) electrons. The minimum atomic E-state index is -0.192. The van der Waals surface area contributed by atoms with Crippen molar-refractivity contribution in [3.8, 4) is 0 Å². The molecule has 5 nitrogen and oxygen atoms in total. The van der Waals surface area contributed by atoms with Crippen molar-refractivity contribution in [3.63, 3.8) is 0 Å². The zero-order chi connectivity index (χ0) is 13.8. The van der Waals surface area contributed by atoms with E-state index in [0.29, 0.717) is 11.4 Å². The van der Waals surface area contributed by atoms with Gasteiger partial charge >= 0.3 is 0 Å². The molecule has 1 aromatic heterocycles. The summed E-state index contributed by atoms with van der Waals surface area (Å²) in [6.45, 7) is 4.04. The third kappa shape index (κ3) is 3.08. The summed E-state index contributed by atoms with van der Waals surface area (Å²) in [5.41, 5.74) is 6.01. The molecule has 0 unspecified atom stereocenters. The largest absolute Gasteiger partial charge is 0.322 e. The molecule has 5 heteroatoms. The van der Waals surface area contributed by atoms with Crippen LogP contribution < -0.4 is 16.6 Å². The van der Waals surface area contributed by atoms with Gasteiger partial charge in [-0.25, -0.2) is 10.8 Å². The Morgan fingerprint density at radius 3 is 2.63 bits per heavy atom. The van der Waals surface area contributed by atoms with Crippen LogP contribution in [0.15, 0.2) is 36.5 Å². The number of nitrogens with two attached hydrogens (primary N) is 1. The van der Waals surface area contributed by atoms with E-state index in [-0.39, 0.29) is 5.91 Å². The normalized spacial score (nSPS) is 10.1. The number of hydrogen-bond acceptors (Lipinski definition) is 4. The van der Waals surface area contributed by atoms with E-state index in [2.05, 4.69) is 15.7 Å². The molecule has 1 heterocycles. The van der Waals surface area contributed by atoms with Crippen LogP contribution in [0.2, 0.25) is 0 Å². The number of hydrogen-bond donors (Lipinski definition) is 3. The summed E-state index contributed by atoms with van der Waals surface area (Å²) in [5, 5.41) is 2.84. The number of rotatable bonds is 3. The number of pyridine rings is 1. The summed E-state index contributed by atoms with van der Waals surface area (Å²) in [7, 11) is 0. The van der Waals surface area contributed by atoms with Crippen molar-refractivity contribution in [2.45, 2.75) is 13.8 Å². The Bertz CT molecular complexity index is 610. The van der Waals surface area contributed by atoms with Gasteiger partial charge in [-0.1, -0.05) is 6.07 Å². The zero-order valence-corrected chi connectivity index (χ0v) is 10.9. The molecule has 0 atom stereocenters. The highest BCUT2D eigenvalue weighted by atomic mass is 16.1. The molecule has 0 spiro atoms. The van der Waals surface area contributed by atoms with Crippen LogP contribution in [0.25, 0.3) is 0 Å². The van der Waals surface area contributed by atoms with Gasteiger partial charge in [0.1, 0.15) is 5.82 Å². The van der Waals surface area contributed by atoms with Gasteiger partial charge in [-0.2, -0.15) is 0 Å². The fraction of sp³-hybridized carbons (Fsp3) is 0.143. The van der Waals surface area contributed by atoms with Crippen LogP contribution in [0.3, 0.4) is 0 Å². The molecule has 98 valence electrons. The van der Waals surface area contributed by atoms with Gasteiger partial charge in [0.15, 0.2) is 0 Å². The topological polar surface area (TPSA) is 80.0 Å². The van der Waals surface area contributed by atoms with E-state index in [9.17, 15) is 4.79 Å². The van der Waals surface area contributed by atoms with Crippen LogP contribution in [0.4, 0.5) is 11.5 Å². The van der Waals surface area contributed by atoms with Gasteiger partial charge in [0.25, 0.3) is 5.91 Å². The van der Waals surface area contributed by atoms with Gasteiger partial charge in [-0.15, -0.1) is 0 Å². The van der Waals surface area contributed by atoms with Gasteiger partial charge in [0.2, 0.25) is 0 Å². The first-order chi connectivity index (χ1) is 9.10. The number of nitrogen functional groups attached to an aromatic ring is 1. The van der Waals surface area contributed by atoms with E-state index < -0.39 is 0 Å². The number of amides is 1. The molecule has 0 saturated carbocycles. The number of carbonyl (C=O) groups excluding carboxylic acids is 1. The predicted molar refractivity (Wildman–Crippen MR) is 75.9 cm³/mol. The monoisotopic (exact) mass is 256 g/mol. The lowest BCUT2D eigenvalue weighted by atomic mass is 10.1. The molecule has 4 N–H and O–H groups in total. The molecule has 0 aliphatic rings. The van der Waals surface area contributed by atoms with Crippen molar-refractivity contribution in [1.29, 1.82) is 0 Å². The van der Waals surface area contributed by atoms with Gasteiger partial charge < -0.3 is 10.7 Å². The van der Waals surface area contributed by atoms with Gasteiger partial charge in [0, 0.05) is 17.4 Å². The summed E-state index contributed by atoms with van der Waals surface area (Å²) >= 11 is 0. The smallest absolute Gasteiger partial charge is 0.255 e. The number of nitrogens with zero attached hydrogens (tertiary/aromatic N) is 1. The van der Waals surface area contributed by atoms with Gasteiger partial charge in [-0.05, 0) is 49.2 Å². The van der Waals surface area contributed by atoms with Crippen molar-refractivity contribution in [3.05, 3.63) is 53.2 Å². The van der Waals surface area contributed by atoms with Crippen LogP contribution in [0, 0.1) is 13.8 Å². The SMILES string of the molecule is Cc1ccc(NC(=O)c2ccnc(NN)c2)cc1C. The van der Waals surface area contributed by atoms with Crippen LogP contribution in [-0.4, -0.2) is 10.9 Å². The zero-order valence-electron chi connectivity index (χ0n) is 10.9. The lowest BCUT2D eigenvalue weighted by Gasteiger charge is -2.08. The van der Waals surface area contributed by atoms with Crippen LogP contribution in [0.5, 0.6) is 0 Å². The fourth-order valence-electron chi connectivity index (χ4n) is 1.67. The Balaban J connectivity index is 2.18. The number of carbonyl (C=O) groups is 1. The number of anilines is 2. The molecule has 1 amide bonds. The molecule has 0 saturated heterocycles. The lowest BCUT2D eigenvalue weighted by Crippen LogP contribution is -2.14. The van der Waals surface area contributed by atoms with Crippen molar-refractivity contribution >= 4 is 17.4 Å². The second-order valence-corrected chi connectivity index (χ2v) is 4.33. The van der Waals surface area contributed by atoms with E-state index in [0.717, 1.165) is 11.3 Å². The standard InChI is InChI=1S/C14H16N4O/c1-9-3-4-12(7-10(9)2)17-14(19)11-5-6-16-13(8-11)18-15/h3-8H,15H2,1-2H3,(H,16,18)(H,17,19). The maximum Gasteiger partial charge on any atom is 0.255 e. The number of aromatic nitrogens is 1. The van der Waals surface area contributed by atoms with Gasteiger partial charge in [0.05, 0.1) is 0 Å². The van der Waals surface area contributed by atoms with Crippen LogP contribution in [-0.2, 0) is 0 Å². The molecular weight excluding hydrogens is 240 g/mol. The highest BCUT2D eigenvalue weighted by molar-refractivity contribution is 6.04. The van der Waals surface area contributed by atoms with Crippen molar-refractivity contribution in [2.24, 2.45) is 5.84 Å². The first-order valence-corrected chi connectivity index (χ1v) is 5.91. The van der Waals surface area contributed by atoms with Crippen molar-refractivity contribution in [2.75, 3.05) is 10.7 Å². The molecule has 0 fully saturated rings. The Hall–Kier alpha value is -2.40. The molecule has 0 aliphatic carbocycles. The maximum atomic E-state index is 12.1. The minimum Gasteiger partial charge on any atom is -0.322 e. The van der Waals surface area contributed by atoms with Gasteiger partial charge in [-0.3, -0.25) is 4.79 Å². The summed E-state index contributed by atoms with van der Waals surface area (Å²) in [6.07, 6.45) is 1.53. The molecule has 19 heavy (non-hydrogen) atoms. The third-order valence-corrected chi connectivity index (χ3v) is 2.93. The molecule has 2 rings (SSSR count). The molecular formula is C14H16N4O. The van der Waals surface area contributed by atoms with E-state index in [1.807, 2.05) is 32.0 Å². The maximum absolute atomic E-state index is 12.1. The highest BCUT2D eigenvalue weighted by Gasteiger charge is 2.07. The Morgan fingerprint density at radius 2 is 1.95 bits per heavy atom. The van der Waals surface area contributed by atoms with Crippen LogP contribution >= 0.6 is 0 Å². The quantitative estimate of drug-likeness (QED) is 0.581. The Labute approximate surface area is 111 Å². The predicted octanol–water partition coefficient (Wildman–Crippen LogP) is 2.24. The second-order valence-electron chi connectivity index (χ2n) is 4.33. The second kappa shape index (κ2) is 5.49. The summed E-state index contributed by atoms with van der Waals surface area (Å²) in [5.74, 6) is 5.52. The average Bonchev–Trinajstić information content (AvgIpc) is 2.43.